The Morgan fingerprint density at radius 1 is 1.00 bits per heavy atom. The lowest BCUT2D eigenvalue weighted by Gasteiger charge is -2.37. The molecule has 3 nitrogen and oxygen atoms in total. The lowest BCUT2D eigenvalue weighted by Crippen LogP contribution is -2.50. The van der Waals surface area contributed by atoms with Crippen molar-refractivity contribution in [3.05, 3.63) is 0 Å². The van der Waals surface area contributed by atoms with Crippen molar-refractivity contribution in [2.24, 2.45) is 0 Å². The Labute approximate surface area is 99.4 Å². The Morgan fingerprint density at radius 2 is 1.88 bits per heavy atom. The number of unbranched alkanes of at least 4 members (excludes halogenated alkanes) is 3. The van der Waals surface area contributed by atoms with E-state index in [1.807, 2.05) is 0 Å². The molecular formula is C13H26N2O. The third-order valence-electron chi connectivity index (χ3n) is 4.05. The van der Waals surface area contributed by atoms with Gasteiger partial charge in [0.15, 0.2) is 0 Å². The van der Waals surface area contributed by atoms with Crippen molar-refractivity contribution >= 4 is 0 Å². The second-order valence-corrected chi connectivity index (χ2v) is 5.27. The molecule has 2 heterocycles. The quantitative estimate of drug-likeness (QED) is 0.692. The van der Waals surface area contributed by atoms with Crippen LogP contribution in [0.25, 0.3) is 0 Å². The summed E-state index contributed by atoms with van der Waals surface area (Å²) in [5.41, 5.74) is 0. The highest BCUT2D eigenvalue weighted by Gasteiger charge is 2.29. The largest absolute Gasteiger partial charge is 0.396 e. The number of aliphatic hydroxyl groups excluding tert-OH is 1. The first-order valence-electron chi connectivity index (χ1n) is 6.97. The summed E-state index contributed by atoms with van der Waals surface area (Å²) >= 11 is 0. The Balaban J connectivity index is 1.56. The molecule has 1 atom stereocenters. The molecule has 2 rings (SSSR count). The molecule has 2 aliphatic heterocycles. The third kappa shape index (κ3) is 3.44. The summed E-state index contributed by atoms with van der Waals surface area (Å²) in [6, 6.07) is 0.867. The van der Waals surface area contributed by atoms with E-state index in [9.17, 15) is 0 Å². The maximum Gasteiger partial charge on any atom is 0.0431 e. The summed E-state index contributed by atoms with van der Waals surface area (Å²) in [5.74, 6) is 0. The number of aliphatic hydroxyl groups is 1. The SMILES string of the molecule is OCCCCCCN1CCN2CCCC2C1. The van der Waals surface area contributed by atoms with E-state index < -0.39 is 0 Å². The van der Waals surface area contributed by atoms with Crippen molar-refractivity contribution in [3.63, 3.8) is 0 Å². The molecule has 0 bridgehead atoms. The van der Waals surface area contributed by atoms with Gasteiger partial charge in [0.1, 0.15) is 0 Å². The van der Waals surface area contributed by atoms with Crippen LogP contribution in [0.1, 0.15) is 38.5 Å². The van der Waals surface area contributed by atoms with Gasteiger partial charge in [-0.1, -0.05) is 12.8 Å². The highest BCUT2D eigenvalue weighted by Crippen LogP contribution is 2.21. The van der Waals surface area contributed by atoms with E-state index in [-0.39, 0.29) is 0 Å². The second-order valence-electron chi connectivity index (χ2n) is 5.27. The molecule has 94 valence electrons. The fraction of sp³-hybridized carbons (Fsp3) is 1.00. The van der Waals surface area contributed by atoms with E-state index in [1.54, 1.807) is 0 Å². The lowest BCUT2D eigenvalue weighted by molar-refractivity contribution is 0.103. The van der Waals surface area contributed by atoms with Crippen LogP contribution in [0.15, 0.2) is 0 Å². The standard InChI is InChI=1S/C13H26N2O/c16-11-4-2-1-3-7-14-9-10-15-8-5-6-13(15)12-14/h13,16H,1-12H2. The molecule has 2 aliphatic rings. The van der Waals surface area contributed by atoms with Crippen LogP contribution < -0.4 is 0 Å². The Kier molecular flexibility index (Phi) is 5.07. The van der Waals surface area contributed by atoms with E-state index in [1.165, 1.54) is 64.8 Å². The lowest BCUT2D eigenvalue weighted by atomic mass is 10.1. The minimum atomic E-state index is 0.362. The summed E-state index contributed by atoms with van der Waals surface area (Å²) < 4.78 is 0. The first-order chi connectivity index (χ1) is 7.90. The van der Waals surface area contributed by atoms with E-state index in [0.29, 0.717) is 6.61 Å². The van der Waals surface area contributed by atoms with Crippen molar-refractivity contribution < 1.29 is 5.11 Å². The predicted molar refractivity (Wildman–Crippen MR) is 66.6 cm³/mol. The normalized spacial score (nSPS) is 27.2. The molecule has 0 aromatic rings. The number of hydrogen-bond donors (Lipinski definition) is 1. The van der Waals surface area contributed by atoms with Crippen LogP contribution >= 0.6 is 0 Å². The van der Waals surface area contributed by atoms with Gasteiger partial charge in [-0.2, -0.15) is 0 Å². The van der Waals surface area contributed by atoms with Crippen LogP contribution in [0.3, 0.4) is 0 Å². The van der Waals surface area contributed by atoms with E-state index in [4.69, 9.17) is 5.11 Å². The molecule has 1 unspecified atom stereocenters. The van der Waals surface area contributed by atoms with Crippen molar-refractivity contribution in [1.29, 1.82) is 0 Å². The van der Waals surface area contributed by atoms with Crippen LogP contribution in [0, 0.1) is 0 Å². The Bertz CT molecular complexity index is 198. The van der Waals surface area contributed by atoms with Crippen LogP contribution in [0.4, 0.5) is 0 Å². The van der Waals surface area contributed by atoms with Gasteiger partial charge in [0.05, 0.1) is 0 Å². The molecule has 1 N–H and O–H groups in total. The van der Waals surface area contributed by atoms with E-state index >= 15 is 0 Å². The zero-order valence-corrected chi connectivity index (χ0v) is 10.4. The van der Waals surface area contributed by atoms with Gasteiger partial charge in [-0.25, -0.2) is 0 Å². The highest BCUT2D eigenvalue weighted by molar-refractivity contribution is 4.86. The van der Waals surface area contributed by atoms with E-state index in [0.717, 1.165) is 12.5 Å². The van der Waals surface area contributed by atoms with Gasteiger partial charge in [0.2, 0.25) is 0 Å². The van der Waals surface area contributed by atoms with Crippen LogP contribution in [0.5, 0.6) is 0 Å². The molecule has 2 saturated heterocycles. The number of rotatable bonds is 6. The van der Waals surface area contributed by atoms with Crippen LogP contribution in [-0.4, -0.2) is 60.3 Å². The minimum Gasteiger partial charge on any atom is -0.396 e. The number of piperazine rings is 1. The number of hydrogen-bond acceptors (Lipinski definition) is 3. The Hall–Kier alpha value is -0.120. The van der Waals surface area contributed by atoms with Gasteiger partial charge < -0.3 is 10.0 Å². The van der Waals surface area contributed by atoms with Gasteiger partial charge in [-0.05, 0) is 38.8 Å². The zero-order valence-electron chi connectivity index (χ0n) is 10.4. The van der Waals surface area contributed by atoms with Crippen LogP contribution in [-0.2, 0) is 0 Å². The van der Waals surface area contributed by atoms with Gasteiger partial charge >= 0.3 is 0 Å². The topological polar surface area (TPSA) is 26.7 Å². The molecule has 3 heteroatoms. The predicted octanol–water partition coefficient (Wildman–Crippen LogP) is 1.32. The average molecular weight is 226 g/mol. The van der Waals surface area contributed by atoms with E-state index in [2.05, 4.69) is 9.80 Å². The maximum absolute atomic E-state index is 8.70. The molecule has 0 saturated carbocycles. The van der Waals surface area contributed by atoms with Crippen LogP contribution in [0.2, 0.25) is 0 Å². The van der Waals surface area contributed by atoms with Gasteiger partial charge in [-0.15, -0.1) is 0 Å². The highest BCUT2D eigenvalue weighted by atomic mass is 16.2. The summed E-state index contributed by atoms with van der Waals surface area (Å²) in [6.07, 6.45) is 7.60. The molecular weight excluding hydrogens is 200 g/mol. The summed E-state index contributed by atoms with van der Waals surface area (Å²) in [4.78, 5) is 5.31. The molecule has 2 fully saturated rings. The monoisotopic (exact) mass is 226 g/mol. The molecule has 16 heavy (non-hydrogen) atoms. The fourth-order valence-corrected chi connectivity index (χ4v) is 3.06. The molecule has 0 aromatic carbocycles. The molecule has 0 spiro atoms. The van der Waals surface area contributed by atoms with Crippen molar-refractivity contribution in [3.8, 4) is 0 Å². The third-order valence-corrected chi connectivity index (χ3v) is 4.05. The van der Waals surface area contributed by atoms with Crippen molar-refractivity contribution in [2.45, 2.75) is 44.6 Å². The summed E-state index contributed by atoms with van der Waals surface area (Å²) in [7, 11) is 0. The molecule has 0 aromatic heterocycles. The molecule has 0 aliphatic carbocycles. The van der Waals surface area contributed by atoms with Crippen molar-refractivity contribution in [1.82, 2.24) is 9.80 Å². The number of nitrogens with zero attached hydrogens (tertiary/aromatic N) is 2. The van der Waals surface area contributed by atoms with Gasteiger partial charge in [0, 0.05) is 32.3 Å². The summed E-state index contributed by atoms with van der Waals surface area (Å²) in [6.45, 7) is 6.85. The zero-order chi connectivity index (χ0) is 11.2. The minimum absolute atomic E-state index is 0.362. The van der Waals surface area contributed by atoms with Gasteiger partial charge in [-0.3, -0.25) is 4.90 Å². The maximum atomic E-state index is 8.70. The van der Waals surface area contributed by atoms with Crippen molar-refractivity contribution in [2.75, 3.05) is 39.3 Å². The first kappa shape index (κ1) is 12.3. The molecule has 0 amide bonds. The fourth-order valence-electron chi connectivity index (χ4n) is 3.06. The Morgan fingerprint density at radius 3 is 2.75 bits per heavy atom. The summed E-state index contributed by atoms with van der Waals surface area (Å²) in [5, 5.41) is 8.70. The van der Waals surface area contributed by atoms with Gasteiger partial charge in [0.25, 0.3) is 0 Å². The smallest absolute Gasteiger partial charge is 0.0431 e. The number of fused-ring (bicyclic) bond motifs is 1. The first-order valence-corrected chi connectivity index (χ1v) is 6.97. The average Bonchev–Trinajstić information content (AvgIpc) is 2.76. The molecule has 0 radical (unpaired) electrons. The second kappa shape index (κ2) is 6.58.